The van der Waals surface area contributed by atoms with Gasteiger partial charge in [-0.25, -0.2) is 9.80 Å². The van der Waals surface area contributed by atoms with Gasteiger partial charge in [-0.2, -0.15) is 0 Å². The average molecular weight is 472 g/mol. The smallest absolute Gasteiger partial charge is 0.422 e. The molecule has 1 unspecified atom stereocenters. The van der Waals surface area contributed by atoms with E-state index in [-0.39, 0.29) is 19.2 Å². The largest absolute Gasteiger partial charge is 0.460 e. The molecule has 34 heavy (non-hydrogen) atoms. The lowest BCUT2D eigenvalue weighted by atomic mass is 9.88. The van der Waals surface area contributed by atoms with E-state index in [2.05, 4.69) is 5.43 Å². The van der Waals surface area contributed by atoms with Gasteiger partial charge < -0.3 is 20.3 Å². The van der Waals surface area contributed by atoms with Gasteiger partial charge in [-0.15, -0.1) is 0 Å². The Kier molecular flexibility index (Phi) is 10.0. The van der Waals surface area contributed by atoms with Crippen LogP contribution < -0.4 is 11.2 Å². The first kappa shape index (κ1) is 27.3. The minimum Gasteiger partial charge on any atom is -0.460 e. The average Bonchev–Trinajstić information content (AvgIpc) is 2.77. The summed E-state index contributed by atoms with van der Waals surface area (Å²) in [6.45, 7) is 9.00. The number of nitrogens with zero attached hydrogens (tertiary/aromatic N) is 1. The van der Waals surface area contributed by atoms with Crippen LogP contribution in [0.5, 0.6) is 0 Å². The summed E-state index contributed by atoms with van der Waals surface area (Å²) >= 11 is 0. The van der Waals surface area contributed by atoms with Crippen molar-refractivity contribution in [1.29, 1.82) is 0 Å². The van der Waals surface area contributed by atoms with Crippen molar-refractivity contribution in [2.24, 2.45) is 11.7 Å². The molecule has 2 aromatic carbocycles. The number of nitrogens with two attached hydrogens (primary N) is 1. The molecule has 0 fully saturated rings. The fourth-order valence-electron chi connectivity index (χ4n) is 3.37. The fourth-order valence-corrected chi connectivity index (χ4v) is 3.37. The van der Waals surface area contributed by atoms with E-state index in [9.17, 15) is 14.7 Å². The van der Waals surface area contributed by atoms with Crippen molar-refractivity contribution in [2.45, 2.75) is 65.0 Å². The minimum absolute atomic E-state index is 0.0530. The van der Waals surface area contributed by atoms with Gasteiger partial charge in [-0.3, -0.25) is 10.2 Å². The summed E-state index contributed by atoms with van der Waals surface area (Å²) in [6.07, 6.45) is -1.88. The summed E-state index contributed by atoms with van der Waals surface area (Å²) in [5.41, 5.74) is 9.95. The van der Waals surface area contributed by atoms with E-state index in [4.69, 9.17) is 15.2 Å². The number of rotatable bonds is 10. The van der Waals surface area contributed by atoms with Crippen LogP contribution >= 0.6 is 0 Å². The summed E-state index contributed by atoms with van der Waals surface area (Å²) in [7, 11) is 0. The van der Waals surface area contributed by atoms with E-state index in [1.165, 1.54) is 5.01 Å². The predicted octanol–water partition coefficient (Wildman–Crippen LogP) is 3.56. The SMILES string of the molecule is CC(C)N(C[C@@H](O)[C@@H](C(=O)OCc1ccccc1)C(N)c1ccccc1)NC(=O)OC(C)(C)C. The number of aliphatic hydroxyl groups excluding tert-OH is 1. The van der Waals surface area contributed by atoms with Crippen LogP contribution in [0.25, 0.3) is 0 Å². The van der Waals surface area contributed by atoms with Crippen LogP contribution in [0.3, 0.4) is 0 Å². The number of ether oxygens (including phenoxy) is 2. The second-order valence-corrected chi connectivity index (χ2v) is 9.48. The zero-order valence-corrected chi connectivity index (χ0v) is 20.6. The number of carbonyl (C=O) groups is 2. The maximum Gasteiger partial charge on any atom is 0.422 e. The third-order valence-corrected chi connectivity index (χ3v) is 5.12. The molecule has 1 amide bonds. The van der Waals surface area contributed by atoms with Crippen molar-refractivity contribution in [3.8, 4) is 0 Å². The number of carbonyl (C=O) groups excluding carboxylic acids is 2. The lowest BCUT2D eigenvalue weighted by Crippen LogP contribution is -2.53. The zero-order chi connectivity index (χ0) is 25.3. The lowest BCUT2D eigenvalue weighted by molar-refractivity contribution is -0.156. The van der Waals surface area contributed by atoms with E-state index in [1.54, 1.807) is 32.9 Å². The van der Waals surface area contributed by atoms with Crippen LogP contribution in [0.1, 0.15) is 51.8 Å². The Morgan fingerprint density at radius 1 is 1.03 bits per heavy atom. The fraction of sp³-hybridized carbons (Fsp3) is 0.462. The van der Waals surface area contributed by atoms with Crippen LogP contribution in [-0.2, 0) is 20.9 Å². The Balaban J connectivity index is 2.19. The van der Waals surface area contributed by atoms with Crippen molar-refractivity contribution in [1.82, 2.24) is 10.4 Å². The zero-order valence-electron chi connectivity index (χ0n) is 20.6. The Morgan fingerprint density at radius 3 is 2.12 bits per heavy atom. The number of benzene rings is 2. The van der Waals surface area contributed by atoms with E-state index in [0.29, 0.717) is 5.56 Å². The second-order valence-electron chi connectivity index (χ2n) is 9.48. The highest BCUT2D eigenvalue weighted by atomic mass is 16.6. The Labute approximate surface area is 202 Å². The van der Waals surface area contributed by atoms with Gasteiger partial charge in [0.1, 0.15) is 18.1 Å². The van der Waals surface area contributed by atoms with Gasteiger partial charge in [0.25, 0.3) is 0 Å². The normalized spacial score (nSPS) is 14.4. The number of nitrogens with one attached hydrogen (secondary N) is 1. The summed E-state index contributed by atoms with van der Waals surface area (Å²) < 4.78 is 10.9. The molecular weight excluding hydrogens is 434 g/mol. The summed E-state index contributed by atoms with van der Waals surface area (Å²) in [6, 6.07) is 17.4. The molecule has 0 radical (unpaired) electrons. The monoisotopic (exact) mass is 471 g/mol. The van der Waals surface area contributed by atoms with Crippen LogP contribution in [0.15, 0.2) is 60.7 Å². The van der Waals surface area contributed by atoms with Gasteiger partial charge in [-0.1, -0.05) is 60.7 Å². The summed E-state index contributed by atoms with van der Waals surface area (Å²) in [5.74, 6) is -1.68. The number of esters is 1. The van der Waals surface area contributed by atoms with Gasteiger partial charge in [0.15, 0.2) is 0 Å². The molecule has 0 aliphatic rings. The molecule has 186 valence electrons. The highest BCUT2D eigenvalue weighted by Crippen LogP contribution is 2.25. The topological polar surface area (TPSA) is 114 Å². The molecule has 8 nitrogen and oxygen atoms in total. The predicted molar refractivity (Wildman–Crippen MR) is 130 cm³/mol. The molecule has 0 bridgehead atoms. The Morgan fingerprint density at radius 2 is 1.59 bits per heavy atom. The van der Waals surface area contributed by atoms with Crippen LogP contribution in [0.2, 0.25) is 0 Å². The first-order valence-corrected chi connectivity index (χ1v) is 11.4. The van der Waals surface area contributed by atoms with Crippen molar-refractivity contribution < 1.29 is 24.2 Å². The van der Waals surface area contributed by atoms with E-state index in [0.717, 1.165) is 5.56 Å². The molecule has 2 rings (SSSR count). The maximum absolute atomic E-state index is 13.1. The van der Waals surface area contributed by atoms with Crippen molar-refractivity contribution in [2.75, 3.05) is 6.54 Å². The molecule has 0 aliphatic heterocycles. The number of hydrogen-bond donors (Lipinski definition) is 3. The molecule has 0 saturated heterocycles. The molecule has 4 N–H and O–H groups in total. The number of aliphatic hydroxyl groups is 1. The number of hydrazine groups is 1. The molecule has 0 saturated carbocycles. The molecule has 0 heterocycles. The molecule has 2 aromatic rings. The standard InChI is InChI=1S/C26H37N3O5/c1-18(2)29(28-25(32)34-26(3,4)5)16-21(30)22(23(27)20-14-10-7-11-15-20)24(31)33-17-19-12-8-6-9-13-19/h6-15,18,21-23,30H,16-17,27H2,1-5H3,(H,28,32)/t21-,22-,23?/m1/s1. The highest BCUT2D eigenvalue weighted by molar-refractivity contribution is 5.74. The third-order valence-electron chi connectivity index (χ3n) is 5.12. The first-order chi connectivity index (χ1) is 16.0. The number of amides is 1. The molecule has 8 heteroatoms. The molecule has 0 spiro atoms. The third kappa shape index (κ3) is 8.78. The van der Waals surface area contributed by atoms with Gasteiger partial charge in [0.2, 0.25) is 0 Å². The van der Waals surface area contributed by atoms with Crippen LogP contribution in [0, 0.1) is 5.92 Å². The van der Waals surface area contributed by atoms with Gasteiger partial charge >= 0.3 is 12.1 Å². The maximum atomic E-state index is 13.1. The second kappa shape index (κ2) is 12.5. The van der Waals surface area contributed by atoms with E-state index < -0.39 is 35.7 Å². The summed E-state index contributed by atoms with van der Waals surface area (Å²) in [4.78, 5) is 25.4. The van der Waals surface area contributed by atoms with E-state index in [1.807, 2.05) is 62.4 Å². The molecule has 0 aliphatic carbocycles. The van der Waals surface area contributed by atoms with E-state index >= 15 is 0 Å². The highest BCUT2D eigenvalue weighted by Gasteiger charge is 2.37. The molecule has 0 aromatic heterocycles. The number of hydrogen-bond acceptors (Lipinski definition) is 7. The van der Waals surface area contributed by atoms with Gasteiger partial charge in [-0.05, 0) is 45.7 Å². The van der Waals surface area contributed by atoms with Crippen LogP contribution in [0.4, 0.5) is 4.79 Å². The first-order valence-electron chi connectivity index (χ1n) is 11.4. The van der Waals surface area contributed by atoms with Crippen molar-refractivity contribution in [3.05, 3.63) is 71.8 Å². The van der Waals surface area contributed by atoms with Crippen molar-refractivity contribution in [3.63, 3.8) is 0 Å². The van der Waals surface area contributed by atoms with Crippen LogP contribution in [-0.4, -0.2) is 46.5 Å². The lowest BCUT2D eigenvalue weighted by Gasteiger charge is -2.34. The quantitative estimate of drug-likeness (QED) is 0.359. The van der Waals surface area contributed by atoms with Gasteiger partial charge in [0, 0.05) is 18.6 Å². The molecule has 3 atom stereocenters. The Bertz CT molecular complexity index is 900. The minimum atomic E-state index is -1.23. The molecular formula is C26H37N3O5. The summed E-state index contributed by atoms with van der Waals surface area (Å²) in [5, 5.41) is 12.7. The Hall–Kier alpha value is -2.94. The van der Waals surface area contributed by atoms with Gasteiger partial charge in [0.05, 0.1) is 6.10 Å². The van der Waals surface area contributed by atoms with Crippen molar-refractivity contribution >= 4 is 12.1 Å².